The second kappa shape index (κ2) is 7.27. The van der Waals surface area contributed by atoms with Crippen LogP contribution in [0.2, 0.25) is 0 Å². The molecular weight excluding hydrogens is 232 g/mol. The molecule has 1 aliphatic heterocycles. The molecule has 4 heteroatoms. The van der Waals surface area contributed by atoms with Gasteiger partial charge < -0.3 is 10.1 Å². The Labute approximate surface area is 110 Å². The van der Waals surface area contributed by atoms with Crippen LogP contribution >= 0.6 is 11.8 Å². The van der Waals surface area contributed by atoms with Crippen LogP contribution in [-0.2, 0) is 4.74 Å². The fourth-order valence-corrected chi connectivity index (χ4v) is 2.93. The Balaban J connectivity index is 2.12. The molecule has 0 aromatic heterocycles. The lowest BCUT2D eigenvalue weighted by molar-refractivity contribution is 0.0764. The van der Waals surface area contributed by atoms with E-state index < -0.39 is 0 Å². The summed E-state index contributed by atoms with van der Waals surface area (Å²) in [4.78, 5) is 4.61. The van der Waals surface area contributed by atoms with E-state index in [4.69, 9.17) is 4.74 Å². The normalized spacial score (nSPS) is 21.8. The molecule has 0 bridgehead atoms. The van der Waals surface area contributed by atoms with Crippen molar-refractivity contribution in [1.82, 2.24) is 5.32 Å². The van der Waals surface area contributed by atoms with Gasteiger partial charge in [-0.05, 0) is 47.0 Å². The molecule has 0 atom stereocenters. The van der Waals surface area contributed by atoms with E-state index in [0.29, 0.717) is 6.10 Å². The van der Waals surface area contributed by atoms with Gasteiger partial charge in [0, 0.05) is 24.4 Å². The number of amidine groups is 1. The summed E-state index contributed by atoms with van der Waals surface area (Å²) >= 11 is 1.84. The van der Waals surface area contributed by atoms with Crippen LogP contribution < -0.4 is 5.32 Å². The highest BCUT2D eigenvalue weighted by Gasteiger charge is 2.23. The molecule has 0 aromatic rings. The number of unbranched alkanes of at least 4 members (excludes halogenated alkanes) is 1. The molecule has 1 rings (SSSR count). The van der Waals surface area contributed by atoms with Crippen LogP contribution in [0.3, 0.4) is 0 Å². The summed E-state index contributed by atoms with van der Waals surface area (Å²) < 4.78 is 5.50. The lowest BCUT2D eigenvalue weighted by Gasteiger charge is -2.32. The monoisotopic (exact) mass is 258 g/mol. The summed E-state index contributed by atoms with van der Waals surface area (Å²) in [5.74, 6) is 1.18. The first-order chi connectivity index (χ1) is 7.99. The lowest BCUT2D eigenvalue weighted by atomic mass is 10.0. The van der Waals surface area contributed by atoms with E-state index in [9.17, 15) is 0 Å². The number of hydrogen-bond donors (Lipinski definition) is 1. The van der Waals surface area contributed by atoms with Crippen molar-refractivity contribution in [2.45, 2.75) is 58.6 Å². The minimum absolute atomic E-state index is 0.213. The number of nitrogens with zero attached hydrogens (tertiary/aromatic N) is 1. The maximum atomic E-state index is 5.50. The zero-order chi connectivity index (χ0) is 12.7. The van der Waals surface area contributed by atoms with Gasteiger partial charge in [-0.3, -0.25) is 4.99 Å². The fraction of sp³-hybridized carbons (Fsp3) is 0.923. The molecule has 1 aliphatic rings. The van der Waals surface area contributed by atoms with Gasteiger partial charge in [0.25, 0.3) is 0 Å². The molecule has 1 fully saturated rings. The van der Waals surface area contributed by atoms with Crippen LogP contribution in [0, 0.1) is 0 Å². The zero-order valence-corrected chi connectivity index (χ0v) is 12.4. The van der Waals surface area contributed by atoms with Gasteiger partial charge in [0.1, 0.15) is 0 Å². The molecule has 0 spiro atoms. The topological polar surface area (TPSA) is 33.6 Å². The third-order valence-electron chi connectivity index (χ3n) is 2.67. The molecule has 3 nitrogen and oxygen atoms in total. The summed E-state index contributed by atoms with van der Waals surface area (Å²) in [6.07, 6.45) is 3.76. The van der Waals surface area contributed by atoms with E-state index in [2.05, 4.69) is 38.0 Å². The van der Waals surface area contributed by atoms with Crippen LogP contribution in [0.1, 0.15) is 47.0 Å². The van der Waals surface area contributed by atoms with Crippen molar-refractivity contribution in [3.63, 3.8) is 0 Å². The van der Waals surface area contributed by atoms with Gasteiger partial charge in [-0.15, -0.1) is 0 Å². The Kier molecular flexibility index (Phi) is 6.34. The quantitative estimate of drug-likeness (QED) is 0.743. The smallest absolute Gasteiger partial charge is 0.156 e. The maximum absolute atomic E-state index is 5.50. The van der Waals surface area contributed by atoms with Crippen molar-refractivity contribution in [2.75, 3.05) is 18.9 Å². The molecule has 0 saturated carbocycles. The van der Waals surface area contributed by atoms with Crippen molar-refractivity contribution in [1.29, 1.82) is 0 Å². The first kappa shape index (κ1) is 14.8. The van der Waals surface area contributed by atoms with E-state index in [1.165, 1.54) is 12.2 Å². The summed E-state index contributed by atoms with van der Waals surface area (Å²) in [5.41, 5.74) is 0.213. The van der Waals surface area contributed by atoms with E-state index in [1.54, 1.807) is 0 Å². The number of thioether (sulfide) groups is 1. The second-order valence-corrected chi connectivity index (χ2v) is 6.50. The van der Waals surface area contributed by atoms with Gasteiger partial charge in [0.2, 0.25) is 0 Å². The molecule has 0 aliphatic carbocycles. The largest absolute Gasteiger partial charge is 0.379 e. The van der Waals surface area contributed by atoms with Crippen LogP contribution in [0.25, 0.3) is 0 Å². The highest BCUT2D eigenvalue weighted by atomic mass is 32.2. The fourth-order valence-electron chi connectivity index (χ4n) is 1.59. The molecule has 17 heavy (non-hydrogen) atoms. The standard InChI is InChI=1S/C13H26N2OS/c1-11(2)16-9-6-5-8-14-12-15-13(3,4)7-10-17-12/h11H,5-10H2,1-4H3,(H,14,15). The van der Waals surface area contributed by atoms with Crippen molar-refractivity contribution in [2.24, 2.45) is 4.99 Å². The third kappa shape index (κ3) is 6.94. The van der Waals surface area contributed by atoms with E-state index in [1.807, 2.05) is 11.8 Å². The molecule has 0 radical (unpaired) electrons. The van der Waals surface area contributed by atoms with Crippen molar-refractivity contribution in [3.05, 3.63) is 0 Å². The van der Waals surface area contributed by atoms with E-state index in [-0.39, 0.29) is 5.54 Å². The molecule has 1 heterocycles. The summed E-state index contributed by atoms with van der Waals surface area (Å²) in [7, 11) is 0. The zero-order valence-electron chi connectivity index (χ0n) is 11.6. The molecule has 0 unspecified atom stereocenters. The van der Waals surface area contributed by atoms with Crippen LogP contribution in [0.15, 0.2) is 4.99 Å². The summed E-state index contributed by atoms with van der Waals surface area (Å²) in [5, 5.41) is 4.60. The van der Waals surface area contributed by atoms with Crippen LogP contribution in [0.5, 0.6) is 0 Å². The molecule has 100 valence electrons. The highest BCUT2D eigenvalue weighted by Crippen LogP contribution is 2.21. The van der Waals surface area contributed by atoms with Crippen molar-refractivity contribution in [3.8, 4) is 0 Å². The van der Waals surface area contributed by atoms with Crippen LogP contribution in [0.4, 0.5) is 0 Å². The summed E-state index contributed by atoms with van der Waals surface area (Å²) in [6, 6.07) is 0. The van der Waals surface area contributed by atoms with Gasteiger partial charge in [0.05, 0.1) is 6.10 Å². The van der Waals surface area contributed by atoms with E-state index in [0.717, 1.165) is 31.2 Å². The van der Waals surface area contributed by atoms with Gasteiger partial charge in [-0.1, -0.05) is 11.8 Å². The molecule has 1 N–H and O–H groups in total. The predicted octanol–water partition coefficient (Wildman–Crippen LogP) is 3.05. The second-order valence-electron chi connectivity index (χ2n) is 5.42. The average molecular weight is 258 g/mol. The number of nitrogens with one attached hydrogen (secondary N) is 1. The Morgan fingerprint density at radius 1 is 1.41 bits per heavy atom. The van der Waals surface area contributed by atoms with Gasteiger partial charge in [-0.2, -0.15) is 0 Å². The number of ether oxygens (including phenoxy) is 1. The average Bonchev–Trinajstić information content (AvgIpc) is 2.21. The maximum Gasteiger partial charge on any atom is 0.156 e. The molecule has 0 amide bonds. The minimum atomic E-state index is 0.213. The minimum Gasteiger partial charge on any atom is -0.379 e. The van der Waals surface area contributed by atoms with Crippen LogP contribution in [-0.4, -0.2) is 35.7 Å². The Bertz CT molecular complexity index is 252. The third-order valence-corrected chi connectivity index (χ3v) is 3.58. The number of rotatable bonds is 6. The molecular formula is C13H26N2OS. The van der Waals surface area contributed by atoms with Gasteiger partial charge >= 0.3 is 0 Å². The first-order valence-corrected chi connectivity index (χ1v) is 7.55. The number of aliphatic imine (C=N–C) groups is 1. The van der Waals surface area contributed by atoms with Crippen molar-refractivity contribution < 1.29 is 4.74 Å². The molecule has 1 saturated heterocycles. The Hall–Kier alpha value is -0.220. The first-order valence-electron chi connectivity index (χ1n) is 6.57. The molecule has 0 aromatic carbocycles. The van der Waals surface area contributed by atoms with Gasteiger partial charge in [0.15, 0.2) is 5.17 Å². The Morgan fingerprint density at radius 3 is 2.82 bits per heavy atom. The number of hydrogen-bond acceptors (Lipinski definition) is 3. The van der Waals surface area contributed by atoms with Gasteiger partial charge in [-0.25, -0.2) is 0 Å². The highest BCUT2D eigenvalue weighted by molar-refractivity contribution is 8.13. The van der Waals surface area contributed by atoms with Crippen molar-refractivity contribution >= 4 is 16.9 Å². The Morgan fingerprint density at radius 2 is 2.18 bits per heavy atom. The summed E-state index contributed by atoms with van der Waals surface area (Å²) in [6.45, 7) is 10.4. The lowest BCUT2D eigenvalue weighted by Crippen LogP contribution is -2.46. The SMILES string of the molecule is CC(C)OCCCCN=C1NC(C)(C)CCS1. The predicted molar refractivity (Wildman–Crippen MR) is 76.9 cm³/mol. The van der Waals surface area contributed by atoms with E-state index >= 15 is 0 Å².